The summed E-state index contributed by atoms with van der Waals surface area (Å²) in [6, 6.07) is 26.9. The van der Waals surface area contributed by atoms with Crippen LogP contribution in [0.3, 0.4) is 0 Å². The van der Waals surface area contributed by atoms with Gasteiger partial charge in [0.1, 0.15) is 12.1 Å². The Hall–Kier alpha value is -4.28. The van der Waals surface area contributed by atoms with Crippen molar-refractivity contribution in [3.05, 3.63) is 108 Å². The van der Waals surface area contributed by atoms with Crippen LogP contribution >= 0.6 is 12.2 Å². The third-order valence-corrected chi connectivity index (χ3v) is 9.15. The van der Waals surface area contributed by atoms with Crippen molar-refractivity contribution in [2.75, 3.05) is 13.6 Å². The number of carbonyl (C=O) groups is 3. The summed E-state index contributed by atoms with van der Waals surface area (Å²) in [5, 5.41) is 12.6. The number of nitrogens with one attached hydrogen (secondary N) is 4. The number of benzene rings is 3. The van der Waals surface area contributed by atoms with Gasteiger partial charge in [-0.3, -0.25) is 14.4 Å². The van der Waals surface area contributed by atoms with Gasteiger partial charge in [-0.2, -0.15) is 0 Å². The first-order valence-electron chi connectivity index (χ1n) is 15.6. The Balaban J connectivity index is 1.38. The molecule has 0 bridgehead atoms. The monoisotopic (exact) mass is 626 g/mol. The standard InChI is InChI=1S/C35H42N6O3S/c1-37-28(21-23-11-5-2-6-12-23)32(42)40-31-26(22-38-35(36)45)17-18-27-19-20-29(41(27)34(31)44)33(43)39-30(24-13-7-3-8-14-24)25-15-9-4-10-16-25/h2-16,26-31,37H,17-22H2,1H3,(H,39,43)(H,40,42)(H3,36,38,45)/t26-,27+,28-,29+,31+/m1/s1. The third-order valence-electron chi connectivity index (χ3n) is 9.00. The minimum absolute atomic E-state index is 0.0983. The molecule has 3 aromatic carbocycles. The van der Waals surface area contributed by atoms with E-state index < -0.39 is 18.1 Å². The fourth-order valence-corrected chi connectivity index (χ4v) is 6.73. The zero-order chi connectivity index (χ0) is 31.8. The van der Waals surface area contributed by atoms with E-state index in [9.17, 15) is 14.4 Å². The Morgan fingerprint density at radius 3 is 2.04 bits per heavy atom. The number of rotatable bonds is 11. The van der Waals surface area contributed by atoms with E-state index in [-0.39, 0.29) is 40.8 Å². The van der Waals surface area contributed by atoms with E-state index >= 15 is 0 Å². The van der Waals surface area contributed by atoms with Crippen LogP contribution in [0.5, 0.6) is 0 Å². The highest BCUT2D eigenvalue weighted by Gasteiger charge is 2.48. The van der Waals surface area contributed by atoms with Crippen LogP contribution in [0.25, 0.3) is 0 Å². The smallest absolute Gasteiger partial charge is 0.246 e. The zero-order valence-electron chi connectivity index (χ0n) is 25.5. The Morgan fingerprint density at radius 1 is 0.889 bits per heavy atom. The fourth-order valence-electron chi connectivity index (χ4n) is 6.64. The maximum absolute atomic E-state index is 14.4. The summed E-state index contributed by atoms with van der Waals surface area (Å²) in [4.78, 5) is 43.9. The van der Waals surface area contributed by atoms with E-state index in [0.717, 1.165) is 16.7 Å². The number of hydrogen-bond acceptors (Lipinski definition) is 5. The number of carbonyl (C=O) groups excluding carboxylic acids is 3. The van der Waals surface area contributed by atoms with Gasteiger partial charge >= 0.3 is 0 Å². The van der Waals surface area contributed by atoms with Gasteiger partial charge in [0, 0.05) is 18.5 Å². The fraction of sp³-hybridized carbons (Fsp3) is 0.371. The number of nitrogens with two attached hydrogens (primary N) is 1. The average Bonchev–Trinajstić information content (AvgIpc) is 3.45. The third kappa shape index (κ3) is 7.87. The molecule has 0 unspecified atom stereocenters. The van der Waals surface area contributed by atoms with E-state index in [1.807, 2.05) is 91.0 Å². The number of thiocarbonyl (C=S) groups is 1. The molecule has 5 atom stereocenters. The van der Waals surface area contributed by atoms with Crippen molar-refractivity contribution in [1.82, 2.24) is 26.2 Å². The number of nitrogens with zero attached hydrogens (tertiary/aromatic N) is 1. The lowest BCUT2D eigenvalue weighted by atomic mass is 9.92. The predicted octanol–water partition coefficient (Wildman–Crippen LogP) is 2.81. The molecule has 0 aliphatic carbocycles. The van der Waals surface area contributed by atoms with E-state index in [1.165, 1.54) is 0 Å². The molecule has 6 N–H and O–H groups in total. The van der Waals surface area contributed by atoms with Crippen LogP contribution in [0.2, 0.25) is 0 Å². The molecule has 3 aromatic rings. The molecule has 0 saturated carbocycles. The molecule has 9 nitrogen and oxygen atoms in total. The summed E-state index contributed by atoms with van der Waals surface area (Å²) in [7, 11) is 1.74. The van der Waals surface area contributed by atoms with Crippen LogP contribution in [-0.4, -0.2) is 65.5 Å². The topological polar surface area (TPSA) is 129 Å². The summed E-state index contributed by atoms with van der Waals surface area (Å²) in [5.41, 5.74) is 8.68. The first kappa shape index (κ1) is 32.1. The molecule has 2 saturated heterocycles. The molecule has 0 spiro atoms. The Bertz CT molecular complexity index is 1420. The molecule has 0 aromatic heterocycles. The van der Waals surface area contributed by atoms with Crippen molar-refractivity contribution in [1.29, 1.82) is 0 Å². The average molecular weight is 627 g/mol. The molecule has 10 heteroatoms. The second kappa shape index (κ2) is 15.1. The van der Waals surface area contributed by atoms with Gasteiger partial charge in [-0.15, -0.1) is 0 Å². The van der Waals surface area contributed by atoms with Crippen LogP contribution in [0.1, 0.15) is 48.4 Å². The summed E-state index contributed by atoms with van der Waals surface area (Å²) in [6.45, 7) is 0.344. The van der Waals surface area contributed by atoms with E-state index in [2.05, 4.69) is 21.3 Å². The molecule has 236 valence electrons. The van der Waals surface area contributed by atoms with Gasteiger partial charge < -0.3 is 31.9 Å². The largest absolute Gasteiger partial charge is 0.376 e. The zero-order valence-corrected chi connectivity index (χ0v) is 26.3. The maximum atomic E-state index is 14.4. The van der Waals surface area contributed by atoms with E-state index in [4.69, 9.17) is 18.0 Å². The molecule has 2 heterocycles. The highest BCUT2D eigenvalue weighted by molar-refractivity contribution is 7.80. The molecule has 3 amide bonds. The minimum atomic E-state index is -0.844. The van der Waals surface area contributed by atoms with Gasteiger partial charge in [-0.05, 0) is 68.1 Å². The highest BCUT2D eigenvalue weighted by Crippen LogP contribution is 2.35. The number of likely N-dealkylation sites (N-methyl/N-ethyl adjacent to an activating group) is 1. The lowest BCUT2D eigenvalue weighted by molar-refractivity contribution is -0.143. The lowest BCUT2D eigenvalue weighted by Crippen LogP contribution is -2.59. The molecule has 45 heavy (non-hydrogen) atoms. The van der Waals surface area contributed by atoms with Gasteiger partial charge in [0.25, 0.3) is 0 Å². The van der Waals surface area contributed by atoms with Crippen molar-refractivity contribution in [2.24, 2.45) is 11.7 Å². The second-order valence-electron chi connectivity index (χ2n) is 11.9. The van der Waals surface area contributed by atoms with Gasteiger partial charge in [0.15, 0.2) is 5.11 Å². The number of amides is 3. The number of hydrogen-bond donors (Lipinski definition) is 5. The summed E-state index contributed by atoms with van der Waals surface area (Å²) < 4.78 is 0. The van der Waals surface area contributed by atoms with Crippen LogP contribution in [-0.2, 0) is 20.8 Å². The van der Waals surface area contributed by atoms with Crippen LogP contribution in [0.15, 0.2) is 91.0 Å². The first-order chi connectivity index (χ1) is 21.9. The quantitative estimate of drug-likeness (QED) is 0.207. The minimum Gasteiger partial charge on any atom is -0.376 e. The summed E-state index contributed by atoms with van der Waals surface area (Å²) >= 11 is 5.06. The molecule has 0 radical (unpaired) electrons. The van der Waals surface area contributed by atoms with Gasteiger partial charge in [0.05, 0.1) is 12.1 Å². The number of fused-ring (bicyclic) bond motifs is 1. The maximum Gasteiger partial charge on any atom is 0.246 e. The Labute approximate surface area is 270 Å². The van der Waals surface area contributed by atoms with Crippen LogP contribution < -0.4 is 27.0 Å². The SMILES string of the molecule is CN[C@H](Cc1ccccc1)C(=O)N[C@@H]1C(=O)N2[C@@H](CC[C@@H]1CNC(N)=S)CC[C@H]2C(=O)NC(c1ccccc1)c1ccccc1. The van der Waals surface area contributed by atoms with E-state index in [1.54, 1.807) is 11.9 Å². The molecular formula is C35H42N6O3S. The summed E-state index contributed by atoms with van der Waals surface area (Å²) in [5.74, 6) is -0.978. The van der Waals surface area contributed by atoms with Crippen molar-refractivity contribution >= 4 is 35.1 Å². The Morgan fingerprint density at radius 2 is 1.47 bits per heavy atom. The molecule has 2 fully saturated rings. The van der Waals surface area contributed by atoms with Crippen LogP contribution in [0.4, 0.5) is 0 Å². The molecular weight excluding hydrogens is 584 g/mol. The van der Waals surface area contributed by atoms with Crippen molar-refractivity contribution < 1.29 is 14.4 Å². The summed E-state index contributed by atoms with van der Waals surface area (Å²) in [6.07, 6.45) is 3.13. The Kier molecular flexibility index (Phi) is 10.8. The second-order valence-corrected chi connectivity index (χ2v) is 12.3. The molecule has 5 rings (SSSR count). The predicted molar refractivity (Wildman–Crippen MR) is 179 cm³/mol. The van der Waals surface area contributed by atoms with E-state index in [0.29, 0.717) is 38.6 Å². The normalized spacial score (nSPS) is 21.8. The van der Waals surface area contributed by atoms with Gasteiger partial charge in [-0.25, -0.2) is 0 Å². The van der Waals surface area contributed by atoms with Gasteiger partial charge in [-0.1, -0.05) is 91.0 Å². The van der Waals surface area contributed by atoms with Gasteiger partial charge in [0.2, 0.25) is 17.7 Å². The van der Waals surface area contributed by atoms with Crippen molar-refractivity contribution in [3.63, 3.8) is 0 Å². The highest BCUT2D eigenvalue weighted by atomic mass is 32.1. The van der Waals surface area contributed by atoms with Crippen molar-refractivity contribution in [2.45, 2.75) is 62.3 Å². The lowest BCUT2D eigenvalue weighted by Gasteiger charge is -2.33. The van der Waals surface area contributed by atoms with Crippen molar-refractivity contribution in [3.8, 4) is 0 Å². The van der Waals surface area contributed by atoms with Crippen LogP contribution in [0, 0.1) is 5.92 Å². The first-order valence-corrected chi connectivity index (χ1v) is 16.0. The molecule has 2 aliphatic heterocycles. The molecule has 2 aliphatic rings.